The lowest BCUT2D eigenvalue weighted by Crippen LogP contribution is -2.40. The Hall–Kier alpha value is -0.480. The van der Waals surface area contributed by atoms with Crippen LogP contribution in [0.4, 0.5) is 0 Å². The highest BCUT2D eigenvalue weighted by atomic mass is 14.7. The molecule has 0 N–H and O–H groups in total. The Labute approximate surface area is 113 Å². The molecule has 0 aromatic rings. The monoisotopic (exact) mass is 244 g/mol. The molecule has 0 nitrogen and oxygen atoms in total. The second kappa shape index (κ2) is 3.15. The van der Waals surface area contributed by atoms with Crippen LogP contribution in [0.25, 0.3) is 0 Å². The molecule has 3 rings (SSSR count). The van der Waals surface area contributed by atoms with Crippen molar-refractivity contribution in [3.05, 3.63) is 16.9 Å². The van der Waals surface area contributed by atoms with Crippen molar-refractivity contribution in [1.82, 2.24) is 0 Å². The minimum absolute atomic E-state index is 0.371. The fraction of sp³-hybridized carbons (Fsp3) is 0.833. The maximum atomic E-state index is 3.82. The van der Waals surface area contributed by atoms with Crippen molar-refractivity contribution in [1.29, 1.82) is 0 Å². The highest BCUT2D eigenvalue weighted by molar-refractivity contribution is 5.50. The summed E-state index contributed by atoms with van der Waals surface area (Å²) < 4.78 is 0. The molecule has 0 spiro atoms. The van der Waals surface area contributed by atoms with Gasteiger partial charge in [0.1, 0.15) is 0 Å². The zero-order valence-electron chi connectivity index (χ0n) is 13.0. The summed E-state index contributed by atoms with van der Waals surface area (Å²) in [5.74, 6) is 0. The third kappa shape index (κ3) is 1.10. The fourth-order valence-corrected chi connectivity index (χ4v) is 5.37. The van der Waals surface area contributed by atoms with Gasteiger partial charge in [-0.15, -0.1) is 5.73 Å². The summed E-state index contributed by atoms with van der Waals surface area (Å²) in [6.07, 6.45) is 6.81. The van der Waals surface area contributed by atoms with Crippen LogP contribution >= 0.6 is 0 Å². The van der Waals surface area contributed by atoms with E-state index in [-0.39, 0.29) is 0 Å². The fourth-order valence-electron chi connectivity index (χ4n) is 5.37. The van der Waals surface area contributed by atoms with Crippen LogP contribution in [0.5, 0.6) is 0 Å². The van der Waals surface area contributed by atoms with Gasteiger partial charge >= 0.3 is 0 Å². The van der Waals surface area contributed by atoms with E-state index in [9.17, 15) is 0 Å². The van der Waals surface area contributed by atoms with E-state index in [0.29, 0.717) is 21.7 Å². The van der Waals surface area contributed by atoms with Crippen LogP contribution in [0.2, 0.25) is 0 Å². The molecule has 0 radical (unpaired) electrons. The summed E-state index contributed by atoms with van der Waals surface area (Å²) in [5.41, 5.74) is 8.78. The number of hydrogen-bond donors (Lipinski definition) is 0. The van der Waals surface area contributed by atoms with Gasteiger partial charge in [-0.2, -0.15) is 0 Å². The molecule has 2 fully saturated rings. The van der Waals surface area contributed by atoms with E-state index in [2.05, 4.69) is 47.3 Å². The molecule has 2 saturated carbocycles. The maximum Gasteiger partial charge on any atom is 0.00712 e. The van der Waals surface area contributed by atoms with Crippen molar-refractivity contribution in [2.24, 2.45) is 21.7 Å². The Morgan fingerprint density at radius 1 is 1.00 bits per heavy atom. The third-order valence-electron chi connectivity index (χ3n) is 7.42. The normalized spacial score (nSPS) is 53.4. The third-order valence-corrected chi connectivity index (χ3v) is 7.42. The van der Waals surface area contributed by atoms with Crippen molar-refractivity contribution < 1.29 is 0 Å². The molecule has 4 atom stereocenters. The molecular formula is C18H28. The Balaban J connectivity index is 2.18. The Morgan fingerprint density at radius 2 is 1.67 bits per heavy atom. The van der Waals surface area contributed by atoms with Crippen LogP contribution in [0.3, 0.4) is 0 Å². The van der Waals surface area contributed by atoms with Gasteiger partial charge < -0.3 is 0 Å². The molecule has 18 heavy (non-hydrogen) atoms. The highest BCUT2D eigenvalue weighted by Crippen LogP contribution is 2.80. The number of allylic oxidation sites excluding steroid dienone is 1. The lowest BCUT2D eigenvalue weighted by molar-refractivity contribution is 0.0674. The van der Waals surface area contributed by atoms with Crippen LogP contribution in [0.1, 0.15) is 73.6 Å². The second-order valence-corrected chi connectivity index (χ2v) is 8.11. The van der Waals surface area contributed by atoms with Gasteiger partial charge in [0.15, 0.2) is 0 Å². The minimum atomic E-state index is 0.371. The molecule has 0 aliphatic heterocycles. The molecule has 4 unspecified atom stereocenters. The molecule has 0 heteroatoms. The van der Waals surface area contributed by atoms with Gasteiger partial charge in [0.2, 0.25) is 0 Å². The molecule has 0 aromatic heterocycles. The summed E-state index contributed by atoms with van der Waals surface area (Å²) in [6.45, 7) is 14.7. The maximum absolute atomic E-state index is 3.82. The number of fused-ring (bicyclic) bond motifs is 2. The smallest absolute Gasteiger partial charge is 0.00712 e. The van der Waals surface area contributed by atoms with E-state index in [1.54, 1.807) is 5.57 Å². The predicted molar refractivity (Wildman–Crippen MR) is 77.4 cm³/mol. The molecule has 0 saturated heterocycles. The molecule has 3 aliphatic rings. The molecule has 2 bridgehead atoms. The topological polar surface area (TPSA) is 0 Å². The van der Waals surface area contributed by atoms with Crippen LogP contribution in [0, 0.1) is 21.7 Å². The molecule has 0 heterocycles. The predicted octanol–water partition coefficient (Wildman–Crippen LogP) is 5.49. The highest BCUT2D eigenvalue weighted by Gasteiger charge is 2.72. The van der Waals surface area contributed by atoms with Crippen LogP contribution in [-0.4, -0.2) is 0 Å². The van der Waals surface area contributed by atoms with Crippen molar-refractivity contribution in [2.45, 2.75) is 73.6 Å². The van der Waals surface area contributed by atoms with Crippen molar-refractivity contribution in [2.75, 3.05) is 0 Å². The van der Waals surface area contributed by atoms with E-state index < -0.39 is 0 Å². The first-order valence-corrected chi connectivity index (χ1v) is 7.72. The van der Waals surface area contributed by atoms with Crippen LogP contribution in [0.15, 0.2) is 16.9 Å². The quantitative estimate of drug-likeness (QED) is 0.563. The van der Waals surface area contributed by atoms with E-state index in [4.69, 9.17) is 0 Å². The van der Waals surface area contributed by atoms with Gasteiger partial charge in [0, 0.05) is 16.2 Å². The first-order chi connectivity index (χ1) is 8.23. The summed E-state index contributed by atoms with van der Waals surface area (Å²) in [4.78, 5) is 0. The average molecular weight is 244 g/mol. The summed E-state index contributed by atoms with van der Waals surface area (Å²) in [7, 11) is 0. The Bertz CT molecular complexity index is 478. The van der Waals surface area contributed by atoms with E-state index in [1.807, 2.05) is 0 Å². The molecule has 0 aromatic carbocycles. The zero-order valence-corrected chi connectivity index (χ0v) is 13.0. The lowest BCUT2D eigenvalue weighted by Gasteiger charge is -2.49. The first-order valence-electron chi connectivity index (χ1n) is 7.72. The van der Waals surface area contributed by atoms with Crippen LogP contribution in [-0.2, 0) is 0 Å². The average Bonchev–Trinajstić information content (AvgIpc) is 2.75. The van der Waals surface area contributed by atoms with Gasteiger partial charge in [-0.3, -0.25) is 0 Å². The summed E-state index contributed by atoms with van der Waals surface area (Å²) in [6, 6.07) is 0. The Morgan fingerprint density at radius 3 is 2.28 bits per heavy atom. The van der Waals surface area contributed by atoms with Gasteiger partial charge in [-0.1, -0.05) is 41.0 Å². The van der Waals surface area contributed by atoms with E-state index in [0.717, 1.165) is 0 Å². The van der Waals surface area contributed by atoms with Gasteiger partial charge in [-0.25, -0.2) is 0 Å². The largest absolute Gasteiger partial charge is 0.121 e. The first kappa shape index (κ1) is 12.5. The standard InChI is InChI=1S/C18H28/c1-7-8-15(3)9-10-16(4)14-11-13(2)17(15,5)12-18(14,16)6/h7-10,12H2,1-6H3. The number of hydrogen-bond acceptors (Lipinski definition) is 0. The summed E-state index contributed by atoms with van der Waals surface area (Å²) in [5, 5.41) is 0. The van der Waals surface area contributed by atoms with Gasteiger partial charge in [-0.05, 0) is 49.2 Å². The minimum Gasteiger partial charge on any atom is -0.121 e. The SMILES string of the molecule is CCCC1(C)CCC2(C)C3=C=C(C)C1(C)CC32C. The molecule has 0 amide bonds. The molecule has 3 aliphatic carbocycles. The number of rotatable bonds is 2. The van der Waals surface area contributed by atoms with Crippen molar-refractivity contribution in [3.63, 3.8) is 0 Å². The van der Waals surface area contributed by atoms with Crippen molar-refractivity contribution in [3.8, 4) is 0 Å². The molecule has 100 valence electrons. The second-order valence-electron chi connectivity index (χ2n) is 8.11. The van der Waals surface area contributed by atoms with Crippen LogP contribution < -0.4 is 0 Å². The van der Waals surface area contributed by atoms with E-state index in [1.165, 1.54) is 37.7 Å². The molecular weight excluding hydrogens is 216 g/mol. The van der Waals surface area contributed by atoms with Gasteiger partial charge in [0.05, 0.1) is 0 Å². The Kier molecular flexibility index (Phi) is 2.20. The summed E-state index contributed by atoms with van der Waals surface area (Å²) >= 11 is 0. The lowest BCUT2D eigenvalue weighted by atomic mass is 9.55. The van der Waals surface area contributed by atoms with E-state index >= 15 is 0 Å². The van der Waals surface area contributed by atoms with Gasteiger partial charge in [0.25, 0.3) is 0 Å². The zero-order chi connectivity index (χ0) is 13.4. The van der Waals surface area contributed by atoms with Crippen molar-refractivity contribution >= 4 is 0 Å².